The summed E-state index contributed by atoms with van der Waals surface area (Å²) in [6, 6.07) is 6.21. The van der Waals surface area contributed by atoms with Crippen molar-refractivity contribution in [3.8, 4) is 17.2 Å². The standard InChI is InChI=1S/C14H5Cl5FN/c15-10-9(11(16)13(18)14(19)12(10)17)7-2-1-3-8(20)6(7)4-5-21/h1-3H,4H2. The molecule has 108 valence electrons. The van der Waals surface area contributed by atoms with Crippen LogP contribution in [0.3, 0.4) is 0 Å². The summed E-state index contributed by atoms with van der Waals surface area (Å²) >= 11 is 30.3. The summed E-state index contributed by atoms with van der Waals surface area (Å²) in [4.78, 5) is 0. The molecule has 0 N–H and O–H groups in total. The Morgan fingerprint density at radius 3 is 1.95 bits per heavy atom. The average Bonchev–Trinajstić information content (AvgIpc) is 2.46. The average molecular weight is 383 g/mol. The summed E-state index contributed by atoms with van der Waals surface area (Å²) in [7, 11) is 0. The van der Waals surface area contributed by atoms with Crippen LogP contribution in [-0.2, 0) is 6.42 Å². The van der Waals surface area contributed by atoms with E-state index in [-0.39, 0.29) is 42.7 Å². The molecule has 0 aromatic heterocycles. The number of rotatable bonds is 2. The zero-order valence-electron chi connectivity index (χ0n) is 10.2. The molecule has 2 aromatic rings. The van der Waals surface area contributed by atoms with E-state index in [0.29, 0.717) is 5.56 Å². The molecule has 2 rings (SSSR count). The van der Waals surface area contributed by atoms with E-state index in [4.69, 9.17) is 63.3 Å². The second-order valence-electron chi connectivity index (χ2n) is 4.05. The molecule has 0 aliphatic heterocycles. The van der Waals surface area contributed by atoms with Crippen molar-refractivity contribution in [2.45, 2.75) is 6.42 Å². The maximum Gasteiger partial charge on any atom is 0.128 e. The van der Waals surface area contributed by atoms with Crippen molar-refractivity contribution in [3.05, 3.63) is 54.7 Å². The maximum atomic E-state index is 13.9. The molecule has 0 aliphatic rings. The fraction of sp³-hybridized carbons (Fsp3) is 0.0714. The Hall–Kier alpha value is -0.690. The highest BCUT2D eigenvalue weighted by atomic mass is 35.5. The summed E-state index contributed by atoms with van der Waals surface area (Å²) in [5.41, 5.74) is 0.771. The first-order chi connectivity index (χ1) is 9.90. The smallest absolute Gasteiger partial charge is 0.128 e. The van der Waals surface area contributed by atoms with Gasteiger partial charge in [-0.05, 0) is 11.6 Å². The van der Waals surface area contributed by atoms with Crippen molar-refractivity contribution in [1.82, 2.24) is 0 Å². The van der Waals surface area contributed by atoms with Crippen molar-refractivity contribution < 1.29 is 4.39 Å². The van der Waals surface area contributed by atoms with Crippen LogP contribution in [0.2, 0.25) is 25.1 Å². The van der Waals surface area contributed by atoms with Crippen molar-refractivity contribution in [3.63, 3.8) is 0 Å². The van der Waals surface area contributed by atoms with Crippen LogP contribution in [0.15, 0.2) is 18.2 Å². The first-order valence-electron chi connectivity index (χ1n) is 5.56. The number of hydrogen-bond donors (Lipinski definition) is 0. The number of hydrogen-bond acceptors (Lipinski definition) is 1. The highest BCUT2D eigenvalue weighted by Gasteiger charge is 2.23. The van der Waals surface area contributed by atoms with Crippen LogP contribution in [0.4, 0.5) is 4.39 Å². The third kappa shape index (κ3) is 2.95. The number of benzene rings is 2. The summed E-state index contributed by atoms with van der Waals surface area (Å²) < 4.78 is 13.9. The molecular weight excluding hydrogens is 378 g/mol. The molecule has 0 saturated carbocycles. The molecular formula is C14H5Cl5FN. The zero-order valence-corrected chi connectivity index (χ0v) is 13.9. The minimum atomic E-state index is -0.539. The molecule has 0 atom stereocenters. The Kier molecular flexibility index (Phi) is 5.24. The SMILES string of the molecule is N#CCc1c(F)cccc1-c1c(Cl)c(Cl)c(Cl)c(Cl)c1Cl. The normalized spacial score (nSPS) is 10.5. The number of nitriles is 1. The van der Waals surface area contributed by atoms with Gasteiger partial charge in [-0.15, -0.1) is 0 Å². The lowest BCUT2D eigenvalue weighted by Gasteiger charge is -2.15. The molecule has 1 nitrogen and oxygen atoms in total. The van der Waals surface area contributed by atoms with E-state index in [1.807, 2.05) is 6.07 Å². The van der Waals surface area contributed by atoms with Crippen molar-refractivity contribution in [2.24, 2.45) is 0 Å². The monoisotopic (exact) mass is 381 g/mol. The van der Waals surface area contributed by atoms with Crippen LogP contribution in [0.1, 0.15) is 5.56 Å². The molecule has 0 unspecified atom stereocenters. The molecule has 0 heterocycles. The molecule has 0 aliphatic carbocycles. The van der Waals surface area contributed by atoms with Gasteiger partial charge in [-0.2, -0.15) is 5.26 Å². The van der Waals surface area contributed by atoms with Gasteiger partial charge in [0, 0.05) is 11.1 Å². The van der Waals surface area contributed by atoms with Crippen molar-refractivity contribution in [2.75, 3.05) is 0 Å². The predicted molar refractivity (Wildman–Crippen MR) is 86.2 cm³/mol. The third-order valence-corrected chi connectivity index (χ3v) is 5.13. The second kappa shape index (κ2) is 6.60. The lowest BCUT2D eigenvalue weighted by Crippen LogP contribution is -1.96. The minimum Gasteiger partial charge on any atom is -0.207 e. The van der Waals surface area contributed by atoms with Crippen LogP contribution in [-0.4, -0.2) is 0 Å². The van der Waals surface area contributed by atoms with E-state index < -0.39 is 5.82 Å². The van der Waals surface area contributed by atoms with Gasteiger partial charge in [0.15, 0.2) is 0 Å². The summed E-state index contributed by atoms with van der Waals surface area (Å²) in [5, 5.41) is 9.03. The first kappa shape index (κ1) is 16.7. The molecule has 0 spiro atoms. The lowest BCUT2D eigenvalue weighted by molar-refractivity contribution is 0.616. The molecule has 0 saturated heterocycles. The number of halogens is 6. The molecule has 21 heavy (non-hydrogen) atoms. The van der Waals surface area contributed by atoms with Crippen LogP contribution in [0.25, 0.3) is 11.1 Å². The highest BCUT2D eigenvalue weighted by Crippen LogP contribution is 2.49. The summed E-state index contributed by atoms with van der Waals surface area (Å²) in [6.45, 7) is 0. The molecule has 0 radical (unpaired) electrons. The Morgan fingerprint density at radius 2 is 1.43 bits per heavy atom. The summed E-state index contributed by atoms with van der Waals surface area (Å²) in [5.74, 6) is -0.539. The van der Waals surface area contributed by atoms with Gasteiger partial charge in [-0.3, -0.25) is 0 Å². The van der Waals surface area contributed by atoms with Gasteiger partial charge in [0.2, 0.25) is 0 Å². The largest absolute Gasteiger partial charge is 0.207 e. The van der Waals surface area contributed by atoms with Crippen LogP contribution in [0.5, 0.6) is 0 Å². The number of nitrogens with zero attached hydrogens (tertiary/aromatic N) is 1. The van der Waals surface area contributed by atoms with Crippen LogP contribution in [0, 0.1) is 17.1 Å². The fourth-order valence-corrected chi connectivity index (χ4v) is 3.23. The molecule has 2 aromatic carbocycles. The fourth-order valence-electron chi connectivity index (χ4n) is 1.89. The third-order valence-electron chi connectivity index (χ3n) is 2.85. The lowest BCUT2D eigenvalue weighted by atomic mass is 9.97. The van der Waals surface area contributed by atoms with E-state index >= 15 is 0 Å². The van der Waals surface area contributed by atoms with E-state index in [1.54, 1.807) is 6.07 Å². The van der Waals surface area contributed by atoms with Crippen LogP contribution >= 0.6 is 58.0 Å². The van der Waals surface area contributed by atoms with Gasteiger partial charge in [0.05, 0.1) is 37.6 Å². The van der Waals surface area contributed by atoms with E-state index in [1.165, 1.54) is 12.1 Å². The molecule has 0 amide bonds. The van der Waals surface area contributed by atoms with Gasteiger partial charge in [-0.25, -0.2) is 4.39 Å². The van der Waals surface area contributed by atoms with Gasteiger partial charge < -0.3 is 0 Å². The van der Waals surface area contributed by atoms with E-state index in [0.717, 1.165) is 0 Å². The van der Waals surface area contributed by atoms with Gasteiger partial charge in [0.25, 0.3) is 0 Å². The Morgan fingerprint density at radius 1 is 0.905 bits per heavy atom. The topological polar surface area (TPSA) is 23.8 Å². The van der Waals surface area contributed by atoms with Crippen molar-refractivity contribution >= 4 is 58.0 Å². The van der Waals surface area contributed by atoms with Gasteiger partial charge >= 0.3 is 0 Å². The molecule has 7 heteroatoms. The van der Waals surface area contributed by atoms with Crippen molar-refractivity contribution in [1.29, 1.82) is 5.26 Å². The Labute approximate surface area is 145 Å². The molecule has 0 bridgehead atoms. The Balaban J connectivity index is 2.87. The maximum absolute atomic E-state index is 13.9. The zero-order chi connectivity index (χ0) is 15.7. The Bertz CT molecular complexity index is 738. The van der Waals surface area contributed by atoms with E-state index in [2.05, 4.69) is 0 Å². The van der Waals surface area contributed by atoms with Crippen LogP contribution < -0.4 is 0 Å². The van der Waals surface area contributed by atoms with E-state index in [9.17, 15) is 4.39 Å². The van der Waals surface area contributed by atoms with Gasteiger partial charge in [0.1, 0.15) is 5.82 Å². The quantitative estimate of drug-likeness (QED) is 0.412. The predicted octanol–water partition coefficient (Wildman–Crippen LogP) is 6.83. The second-order valence-corrected chi connectivity index (χ2v) is 5.94. The van der Waals surface area contributed by atoms with Gasteiger partial charge in [-0.1, -0.05) is 70.1 Å². The first-order valence-corrected chi connectivity index (χ1v) is 7.45. The highest BCUT2D eigenvalue weighted by molar-refractivity contribution is 6.56. The molecule has 0 fully saturated rings. The summed E-state index contributed by atoms with van der Waals surface area (Å²) in [6.07, 6.45) is -0.146. The minimum absolute atomic E-state index is 0.0231.